The quantitative estimate of drug-likeness (QED) is 0.303. The summed E-state index contributed by atoms with van der Waals surface area (Å²) in [4.78, 5) is 10.3. The summed E-state index contributed by atoms with van der Waals surface area (Å²) in [6.07, 6.45) is 0. The Morgan fingerprint density at radius 2 is 1.56 bits per heavy atom. The molecule has 3 heterocycles. The Morgan fingerprint density at radius 1 is 0.778 bits per heavy atom. The van der Waals surface area contributed by atoms with Crippen LogP contribution in [0.25, 0.3) is 53.6 Å². The van der Waals surface area contributed by atoms with Crippen LogP contribution in [0.5, 0.6) is 0 Å². The van der Waals surface area contributed by atoms with Crippen molar-refractivity contribution in [3.8, 4) is 11.3 Å². The lowest BCUT2D eigenvalue weighted by Crippen LogP contribution is -1.89. The van der Waals surface area contributed by atoms with Crippen molar-refractivity contribution >= 4 is 65.3 Å². The number of thiophene rings is 1. The zero-order valence-electron chi connectivity index (χ0n) is 13.9. The maximum absolute atomic E-state index is 6.50. The van der Waals surface area contributed by atoms with Crippen LogP contribution in [0.2, 0.25) is 5.15 Å². The molecule has 5 heteroatoms. The highest BCUT2D eigenvalue weighted by Crippen LogP contribution is 2.37. The first kappa shape index (κ1) is 15.1. The van der Waals surface area contributed by atoms with E-state index in [2.05, 4.69) is 29.2 Å². The fourth-order valence-electron chi connectivity index (χ4n) is 3.56. The van der Waals surface area contributed by atoms with E-state index in [-0.39, 0.29) is 0 Å². The van der Waals surface area contributed by atoms with Gasteiger partial charge in [0, 0.05) is 26.4 Å². The zero-order chi connectivity index (χ0) is 18.0. The van der Waals surface area contributed by atoms with E-state index in [4.69, 9.17) is 21.0 Å². The highest BCUT2D eigenvalue weighted by atomic mass is 35.5. The molecule has 128 valence electrons. The molecule has 0 atom stereocenters. The molecule has 0 amide bonds. The molecular formula is C22H11ClN2OS. The number of rotatable bonds is 1. The Hall–Kier alpha value is -2.95. The molecule has 0 saturated heterocycles. The summed E-state index contributed by atoms with van der Waals surface area (Å²) in [6, 6.07) is 22.3. The van der Waals surface area contributed by atoms with Crippen LogP contribution in [0, 0.1) is 0 Å². The Labute approximate surface area is 162 Å². The average Bonchev–Trinajstić information content (AvgIpc) is 3.24. The minimum atomic E-state index is 0.407. The van der Waals surface area contributed by atoms with E-state index in [1.807, 2.05) is 42.5 Å². The minimum Gasteiger partial charge on any atom is -0.456 e. The summed E-state index contributed by atoms with van der Waals surface area (Å²) in [7, 11) is 0. The average molecular weight is 387 g/mol. The van der Waals surface area contributed by atoms with Gasteiger partial charge in [-0.1, -0.05) is 54.1 Å². The van der Waals surface area contributed by atoms with Gasteiger partial charge in [0.25, 0.3) is 0 Å². The first-order valence-corrected chi connectivity index (χ1v) is 9.74. The third-order valence-corrected chi connectivity index (χ3v) is 6.14. The van der Waals surface area contributed by atoms with Gasteiger partial charge in [-0.05, 0) is 24.3 Å². The lowest BCUT2D eigenvalue weighted by Gasteiger charge is -2.04. The van der Waals surface area contributed by atoms with Crippen LogP contribution in [-0.2, 0) is 0 Å². The molecule has 3 aromatic heterocycles. The summed E-state index contributed by atoms with van der Waals surface area (Å²) in [5.41, 5.74) is 4.16. The van der Waals surface area contributed by atoms with Crippen molar-refractivity contribution in [1.29, 1.82) is 0 Å². The Morgan fingerprint density at radius 3 is 2.48 bits per heavy atom. The van der Waals surface area contributed by atoms with Gasteiger partial charge in [-0.3, -0.25) is 0 Å². The normalized spacial score (nSPS) is 11.9. The summed E-state index contributed by atoms with van der Waals surface area (Å²) >= 11 is 8.11. The standard InChI is InChI=1S/C22H11ClN2OS/c23-21-19(24-20-15-6-2-4-8-18(15)27-22(20)25-21)12-9-10-14-13-5-1-3-7-16(13)26-17(14)11-12/h1-11H. The molecule has 0 bridgehead atoms. The third kappa shape index (κ3) is 2.21. The zero-order valence-corrected chi connectivity index (χ0v) is 15.5. The predicted octanol–water partition coefficient (Wildman–Crippen LogP) is 7.06. The van der Waals surface area contributed by atoms with E-state index < -0.39 is 0 Å². The van der Waals surface area contributed by atoms with Crippen LogP contribution < -0.4 is 0 Å². The Bertz CT molecular complexity index is 1500. The number of nitrogens with zero attached hydrogens (tertiary/aromatic N) is 2. The maximum atomic E-state index is 6.50. The highest BCUT2D eigenvalue weighted by Gasteiger charge is 2.15. The van der Waals surface area contributed by atoms with Gasteiger partial charge in [0.15, 0.2) is 5.15 Å². The first-order chi connectivity index (χ1) is 13.3. The SMILES string of the molecule is Clc1nc2sc3ccccc3c2nc1-c1ccc2c(c1)oc1ccccc12. The molecule has 0 spiro atoms. The number of hydrogen-bond donors (Lipinski definition) is 0. The van der Waals surface area contributed by atoms with Crippen molar-refractivity contribution in [2.45, 2.75) is 0 Å². The van der Waals surface area contributed by atoms with Gasteiger partial charge in [0.2, 0.25) is 0 Å². The third-order valence-electron chi connectivity index (χ3n) is 4.82. The summed E-state index contributed by atoms with van der Waals surface area (Å²) < 4.78 is 7.17. The van der Waals surface area contributed by atoms with Gasteiger partial charge in [0.05, 0.1) is 0 Å². The number of benzene rings is 3. The number of halogens is 1. The van der Waals surface area contributed by atoms with E-state index in [0.29, 0.717) is 10.8 Å². The van der Waals surface area contributed by atoms with Crippen molar-refractivity contribution in [2.24, 2.45) is 0 Å². The first-order valence-electron chi connectivity index (χ1n) is 8.54. The molecule has 0 unspecified atom stereocenters. The molecule has 3 aromatic carbocycles. The van der Waals surface area contributed by atoms with Gasteiger partial charge >= 0.3 is 0 Å². The van der Waals surface area contributed by atoms with E-state index in [1.165, 1.54) is 0 Å². The summed E-state index contributed by atoms with van der Waals surface area (Å²) in [5.74, 6) is 0. The highest BCUT2D eigenvalue weighted by molar-refractivity contribution is 7.25. The molecule has 3 nitrogen and oxygen atoms in total. The van der Waals surface area contributed by atoms with Gasteiger partial charge < -0.3 is 4.42 Å². The van der Waals surface area contributed by atoms with Gasteiger partial charge in [-0.2, -0.15) is 0 Å². The van der Waals surface area contributed by atoms with Crippen molar-refractivity contribution in [3.63, 3.8) is 0 Å². The molecule has 6 aromatic rings. The number of hydrogen-bond acceptors (Lipinski definition) is 4. The van der Waals surface area contributed by atoms with Crippen molar-refractivity contribution in [3.05, 3.63) is 71.9 Å². The van der Waals surface area contributed by atoms with Crippen molar-refractivity contribution in [1.82, 2.24) is 9.97 Å². The fourth-order valence-corrected chi connectivity index (χ4v) is 4.86. The van der Waals surface area contributed by atoms with E-state index in [9.17, 15) is 0 Å². The topological polar surface area (TPSA) is 38.9 Å². The molecule has 0 aliphatic rings. The second kappa shape index (κ2) is 5.52. The number of fused-ring (bicyclic) bond motifs is 6. The second-order valence-electron chi connectivity index (χ2n) is 6.42. The Balaban J connectivity index is 1.62. The van der Waals surface area contributed by atoms with Gasteiger partial charge in [0.1, 0.15) is 27.2 Å². The second-order valence-corrected chi connectivity index (χ2v) is 7.81. The molecule has 0 aliphatic heterocycles. The van der Waals surface area contributed by atoms with E-state index >= 15 is 0 Å². The molecule has 27 heavy (non-hydrogen) atoms. The lowest BCUT2D eigenvalue weighted by molar-refractivity contribution is 0.669. The number of furan rings is 1. The monoisotopic (exact) mass is 386 g/mol. The summed E-state index contributed by atoms with van der Waals surface area (Å²) in [5, 5.41) is 3.70. The van der Waals surface area contributed by atoms with E-state index in [0.717, 1.165) is 47.9 Å². The molecule has 6 rings (SSSR count). The Kier molecular flexibility index (Phi) is 3.10. The molecule has 0 aliphatic carbocycles. The molecular weight excluding hydrogens is 376 g/mol. The lowest BCUT2D eigenvalue weighted by atomic mass is 10.1. The molecule has 0 N–H and O–H groups in total. The largest absolute Gasteiger partial charge is 0.456 e. The van der Waals surface area contributed by atoms with Crippen molar-refractivity contribution < 1.29 is 4.42 Å². The summed E-state index contributed by atoms with van der Waals surface area (Å²) in [6.45, 7) is 0. The predicted molar refractivity (Wildman–Crippen MR) is 113 cm³/mol. The number of para-hydroxylation sites is 1. The minimum absolute atomic E-state index is 0.407. The molecule has 0 radical (unpaired) electrons. The van der Waals surface area contributed by atoms with E-state index in [1.54, 1.807) is 11.3 Å². The van der Waals surface area contributed by atoms with Gasteiger partial charge in [-0.15, -0.1) is 11.3 Å². The molecule has 0 saturated carbocycles. The van der Waals surface area contributed by atoms with Crippen LogP contribution in [0.3, 0.4) is 0 Å². The van der Waals surface area contributed by atoms with Crippen LogP contribution in [0.4, 0.5) is 0 Å². The smallest absolute Gasteiger partial charge is 0.157 e. The van der Waals surface area contributed by atoms with Crippen molar-refractivity contribution in [2.75, 3.05) is 0 Å². The van der Waals surface area contributed by atoms with Crippen LogP contribution in [0.1, 0.15) is 0 Å². The van der Waals surface area contributed by atoms with Crippen LogP contribution in [-0.4, -0.2) is 9.97 Å². The van der Waals surface area contributed by atoms with Crippen LogP contribution in [0.15, 0.2) is 71.1 Å². The van der Waals surface area contributed by atoms with Crippen LogP contribution >= 0.6 is 22.9 Å². The number of aromatic nitrogens is 2. The van der Waals surface area contributed by atoms with Gasteiger partial charge in [-0.25, -0.2) is 9.97 Å². The maximum Gasteiger partial charge on any atom is 0.157 e. The fraction of sp³-hybridized carbons (Fsp3) is 0. The molecule has 0 fully saturated rings.